The van der Waals surface area contributed by atoms with E-state index in [4.69, 9.17) is 14.0 Å². The van der Waals surface area contributed by atoms with Crippen molar-refractivity contribution < 1.29 is 36.8 Å². The first-order valence-electron chi connectivity index (χ1n) is 10.0. The summed E-state index contributed by atoms with van der Waals surface area (Å²) >= 11 is 0. The Balaban J connectivity index is 1.85. The third kappa shape index (κ3) is 5.20. The standard InChI is InChI=1S/C21H24N4O8S/c1-12(2)18(21(28)31-4)25-19(27)17(22-16(26)11-32-14-8-6-5-7-9-14)20(25)34(29,30)24-15-10-13(3)33-23-15/h5-10,17-18,20H,1,11H2,2-4H3,(H,22,26)(H,23,24)/t17-,18?,20-/m1/s1. The van der Waals surface area contributed by atoms with Crippen LogP contribution in [0.2, 0.25) is 0 Å². The van der Waals surface area contributed by atoms with Crippen LogP contribution in [-0.2, 0) is 29.1 Å². The SMILES string of the molecule is C=C(C)C(C(=O)OC)N1C(=O)[C@@H](NC(=O)COc2ccccc2)[C@H]1S(=O)(=O)Nc1cc(C)on1. The van der Waals surface area contributed by atoms with E-state index < -0.39 is 51.9 Å². The second-order valence-electron chi connectivity index (χ2n) is 7.52. The van der Waals surface area contributed by atoms with Crippen LogP contribution >= 0.6 is 0 Å². The van der Waals surface area contributed by atoms with E-state index in [9.17, 15) is 22.8 Å². The van der Waals surface area contributed by atoms with Gasteiger partial charge in [-0.25, -0.2) is 13.2 Å². The molecule has 12 nitrogen and oxygen atoms in total. The van der Waals surface area contributed by atoms with Crippen LogP contribution in [0.3, 0.4) is 0 Å². The molecular weight excluding hydrogens is 468 g/mol. The molecule has 2 amide bonds. The van der Waals surface area contributed by atoms with Crippen molar-refractivity contribution in [1.29, 1.82) is 0 Å². The Kier molecular flexibility index (Phi) is 7.25. The molecule has 1 aliphatic heterocycles. The Morgan fingerprint density at radius 3 is 2.53 bits per heavy atom. The molecule has 3 atom stereocenters. The van der Waals surface area contributed by atoms with E-state index in [0.717, 1.165) is 12.0 Å². The fraction of sp³-hybridized carbons (Fsp3) is 0.333. The van der Waals surface area contributed by atoms with Gasteiger partial charge in [-0.05, 0) is 31.6 Å². The zero-order valence-corrected chi connectivity index (χ0v) is 19.5. The lowest BCUT2D eigenvalue weighted by molar-refractivity contribution is -0.161. The summed E-state index contributed by atoms with van der Waals surface area (Å²) in [6, 6.07) is 6.92. The molecule has 1 saturated heterocycles. The molecule has 1 unspecified atom stereocenters. The topological polar surface area (TPSA) is 157 Å². The maximum atomic E-state index is 13.2. The molecule has 34 heavy (non-hydrogen) atoms. The third-order valence-corrected chi connectivity index (χ3v) is 6.50. The summed E-state index contributed by atoms with van der Waals surface area (Å²) in [5, 5.41) is 4.28. The monoisotopic (exact) mass is 492 g/mol. The highest BCUT2D eigenvalue weighted by atomic mass is 32.2. The first-order valence-corrected chi connectivity index (χ1v) is 11.6. The normalized spacial score (nSPS) is 18.4. The van der Waals surface area contributed by atoms with Gasteiger partial charge in [-0.2, -0.15) is 0 Å². The van der Waals surface area contributed by atoms with Crippen LogP contribution in [-0.4, -0.2) is 67.4 Å². The van der Waals surface area contributed by atoms with Crippen molar-refractivity contribution in [1.82, 2.24) is 15.4 Å². The molecule has 0 bridgehead atoms. The minimum atomic E-state index is -4.40. The van der Waals surface area contributed by atoms with Gasteiger partial charge in [0, 0.05) is 6.07 Å². The maximum absolute atomic E-state index is 13.2. The molecule has 0 spiro atoms. The molecule has 3 rings (SSSR count). The quantitative estimate of drug-likeness (QED) is 0.275. The Morgan fingerprint density at radius 2 is 1.97 bits per heavy atom. The number of hydrogen-bond donors (Lipinski definition) is 2. The fourth-order valence-electron chi connectivity index (χ4n) is 3.39. The number of carbonyl (C=O) groups excluding carboxylic acids is 3. The number of amides is 2. The molecule has 13 heteroatoms. The number of β-lactam (4-membered cyclic amide) rings is 1. The van der Waals surface area contributed by atoms with Gasteiger partial charge in [-0.1, -0.05) is 29.9 Å². The summed E-state index contributed by atoms with van der Waals surface area (Å²) < 4.78 is 43.6. The summed E-state index contributed by atoms with van der Waals surface area (Å²) in [7, 11) is -3.30. The second kappa shape index (κ2) is 9.95. The predicted octanol–water partition coefficient (Wildman–Crippen LogP) is 0.575. The van der Waals surface area contributed by atoms with Gasteiger partial charge in [-0.3, -0.25) is 14.3 Å². The van der Waals surface area contributed by atoms with E-state index in [2.05, 4.69) is 21.8 Å². The predicted molar refractivity (Wildman–Crippen MR) is 119 cm³/mol. The molecule has 1 aromatic carbocycles. The number of anilines is 1. The van der Waals surface area contributed by atoms with Gasteiger partial charge in [-0.15, -0.1) is 0 Å². The summed E-state index contributed by atoms with van der Waals surface area (Å²) in [6.07, 6.45) is 0. The molecule has 0 saturated carbocycles. The number of nitrogens with one attached hydrogen (secondary N) is 2. The summed E-state index contributed by atoms with van der Waals surface area (Å²) in [4.78, 5) is 38.5. The van der Waals surface area contributed by atoms with E-state index >= 15 is 0 Å². The van der Waals surface area contributed by atoms with Crippen molar-refractivity contribution in [2.45, 2.75) is 31.3 Å². The zero-order valence-electron chi connectivity index (χ0n) is 18.7. The number of aromatic nitrogens is 1. The minimum absolute atomic E-state index is 0.126. The van der Waals surface area contributed by atoms with Crippen LogP contribution in [0.15, 0.2) is 53.1 Å². The largest absolute Gasteiger partial charge is 0.484 e. The lowest BCUT2D eigenvalue weighted by atomic mass is 9.99. The van der Waals surface area contributed by atoms with Crippen LogP contribution in [0.5, 0.6) is 5.75 Å². The third-order valence-electron chi connectivity index (χ3n) is 4.87. The number of likely N-dealkylation sites (tertiary alicyclic amines) is 1. The maximum Gasteiger partial charge on any atom is 0.332 e. The minimum Gasteiger partial charge on any atom is -0.484 e. The number of sulfonamides is 1. The van der Waals surface area contributed by atoms with Crippen LogP contribution in [0, 0.1) is 6.92 Å². The smallest absolute Gasteiger partial charge is 0.332 e. The number of esters is 1. The highest BCUT2D eigenvalue weighted by Crippen LogP contribution is 2.31. The number of carbonyl (C=O) groups is 3. The molecule has 0 radical (unpaired) electrons. The number of hydrogen-bond acceptors (Lipinski definition) is 9. The van der Waals surface area contributed by atoms with Gasteiger partial charge in [0.2, 0.25) is 0 Å². The average molecular weight is 493 g/mol. The zero-order chi connectivity index (χ0) is 25.0. The van der Waals surface area contributed by atoms with E-state index in [1.807, 2.05) is 0 Å². The number of aryl methyl sites for hydroxylation is 1. The molecule has 1 aromatic heterocycles. The lowest BCUT2D eigenvalue weighted by Crippen LogP contribution is -2.77. The van der Waals surface area contributed by atoms with Crippen LogP contribution in [0.4, 0.5) is 5.82 Å². The molecule has 2 aromatic rings. The second-order valence-corrected chi connectivity index (χ2v) is 9.30. The first kappa shape index (κ1) is 24.8. The van der Waals surface area contributed by atoms with E-state index in [-0.39, 0.29) is 11.4 Å². The van der Waals surface area contributed by atoms with Gasteiger partial charge in [0.15, 0.2) is 23.8 Å². The Hall–Kier alpha value is -3.87. The van der Waals surface area contributed by atoms with Gasteiger partial charge in [0.1, 0.15) is 17.6 Å². The molecule has 1 aliphatic rings. The van der Waals surface area contributed by atoms with Gasteiger partial charge < -0.3 is 24.2 Å². The van der Waals surface area contributed by atoms with E-state index in [1.165, 1.54) is 13.0 Å². The number of benzene rings is 1. The molecule has 182 valence electrons. The lowest BCUT2D eigenvalue weighted by Gasteiger charge is -2.48. The number of methoxy groups -OCH3 is 1. The molecular formula is C21H24N4O8S. The van der Waals surface area contributed by atoms with Gasteiger partial charge in [0.05, 0.1) is 7.11 Å². The summed E-state index contributed by atoms with van der Waals surface area (Å²) in [5.74, 6) is -1.78. The van der Waals surface area contributed by atoms with Crippen LogP contribution in [0.25, 0.3) is 0 Å². The van der Waals surface area contributed by atoms with Gasteiger partial charge >= 0.3 is 5.97 Å². The van der Waals surface area contributed by atoms with Crippen LogP contribution < -0.4 is 14.8 Å². The number of para-hydroxylation sites is 1. The highest BCUT2D eigenvalue weighted by Gasteiger charge is 2.59. The number of ether oxygens (including phenoxy) is 2. The van der Waals surface area contributed by atoms with Crippen LogP contribution in [0.1, 0.15) is 12.7 Å². The summed E-state index contributed by atoms with van der Waals surface area (Å²) in [6.45, 7) is 6.22. The fourth-order valence-corrected chi connectivity index (χ4v) is 4.96. The number of rotatable bonds is 10. The highest BCUT2D eigenvalue weighted by molar-refractivity contribution is 7.93. The van der Waals surface area contributed by atoms with Crippen molar-refractivity contribution in [2.24, 2.45) is 0 Å². The van der Waals surface area contributed by atoms with Crippen molar-refractivity contribution in [3.8, 4) is 5.75 Å². The average Bonchev–Trinajstić information content (AvgIpc) is 3.19. The Labute approximate surface area is 195 Å². The molecule has 1 fully saturated rings. The van der Waals surface area contributed by atoms with Crippen molar-refractivity contribution in [3.05, 3.63) is 54.3 Å². The molecule has 0 aliphatic carbocycles. The van der Waals surface area contributed by atoms with Gasteiger partial charge in [0.25, 0.3) is 21.8 Å². The van der Waals surface area contributed by atoms with E-state index in [1.54, 1.807) is 37.3 Å². The van der Waals surface area contributed by atoms with Crippen molar-refractivity contribution in [3.63, 3.8) is 0 Å². The summed E-state index contributed by atoms with van der Waals surface area (Å²) in [5.41, 5.74) is 0.176. The molecule has 2 N–H and O–H groups in total. The van der Waals surface area contributed by atoms with Crippen molar-refractivity contribution in [2.75, 3.05) is 18.4 Å². The van der Waals surface area contributed by atoms with E-state index in [0.29, 0.717) is 11.5 Å². The Morgan fingerprint density at radius 1 is 1.29 bits per heavy atom. The number of nitrogens with zero attached hydrogens (tertiary/aromatic N) is 2. The first-order chi connectivity index (χ1) is 16.0. The molecule has 2 heterocycles. The van der Waals surface area contributed by atoms with Crippen molar-refractivity contribution >= 4 is 33.6 Å². The Bertz CT molecular complexity index is 1190.